The number of fused-ring (bicyclic) bond motifs is 1. The second-order valence-corrected chi connectivity index (χ2v) is 15.3. The van der Waals surface area contributed by atoms with Crippen molar-refractivity contribution in [2.75, 3.05) is 9.80 Å². The Morgan fingerprint density at radius 2 is 0.673 bits per heavy atom. The van der Waals surface area contributed by atoms with Gasteiger partial charge in [-0.25, -0.2) is 0 Å². The van der Waals surface area contributed by atoms with Crippen LogP contribution in [0.1, 0.15) is 51.7 Å². The maximum Gasteiger partial charge on any atom is 0.0467 e. The summed E-state index contributed by atoms with van der Waals surface area (Å²) in [6.07, 6.45) is 2.38. The van der Waals surface area contributed by atoms with Gasteiger partial charge < -0.3 is 9.80 Å². The molecular weight excluding hydrogens is 629 g/mol. The van der Waals surface area contributed by atoms with Gasteiger partial charge in [-0.3, -0.25) is 0 Å². The molecule has 0 N–H and O–H groups in total. The standard InChI is InChI=1S/C50H46N2/c1-49(2)33-34-50(3,4)48-36-46(31-32-47(48)49)52(45-22-14-17-40(35-45)37-15-8-5-9-16-37)44-29-25-39(26-30-44)38-23-27-43(28-24-38)51(41-18-10-6-11-19-41)42-20-12-7-13-21-42/h5-32,35-36H,33-34H2,1-4H3. The number of benzene rings is 7. The lowest BCUT2D eigenvalue weighted by Gasteiger charge is -2.42. The van der Waals surface area contributed by atoms with Crippen LogP contribution in [-0.2, 0) is 10.8 Å². The van der Waals surface area contributed by atoms with E-state index in [4.69, 9.17) is 0 Å². The van der Waals surface area contributed by atoms with Crippen molar-refractivity contribution < 1.29 is 0 Å². The molecule has 0 spiro atoms. The van der Waals surface area contributed by atoms with E-state index in [0.717, 1.165) is 28.4 Å². The fourth-order valence-electron chi connectivity index (χ4n) is 7.83. The Hall–Kier alpha value is -5.86. The Balaban J connectivity index is 1.17. The Morgan fingerprint density at radius 3 is 1.21 bits per heavy atom. The summed E-state index contributed by atoms with van der Waals surface area (Å²) >= 11 is 0. The molecule has 0 fully saturated rings. The Bertz CT molecular complexity index is 2230. The molecule has 256 valence electrons. The predicted molar refractivity (Wildman–Crippen MR) is 222 cm³/mol. The summed E-state index contributed by atoms with van der Waals surface area (Å²) in [5.74, 6) is 0. The van der Waals surface area contributed by atoms with Crippen LogP contribution in [-0.4, -0.2) is 0 Å². The number of para-hydroxylation sites is 2. The van der Waals surface area contributed by atoms with Crippen molar-refractivity contribution in [2.24, 2.45) is 0 Å². The highest BCUT2D eigenvalue weighted by Crippen LogP contribution is 2.48. The molecule has 0 radical (unpaired) electrons. The molecule has 0 unspecified atom stereocenters. The van der Waals surface area contributed by atoms with Crippen LogP contribution < -0.4 is 9.80 Å². The quantitative estimate of drug-likeness (QED) is 0.158. The molecule has 0 saturated heterocycles. The van der Waals surface area contributed by atoms with Crippen molar-refractivity contribution in [3.8, 4) is 22.3 Å². The lowest BCUT2D eigenvalue weighted by atomic mass is 9.63. The second-order valence-electron chi connectivity index (χ2n) is 15.3. The first kappa shape index (κ1) is 33.3. The zero-order chi connectivity index (χ0) is 35.7. The van der Waals surface area contributed by atoms with E-state index in [9.17, 15) is 0 Å². The minimum absolute atomic E-state index is 0.116. The van der Waals surface area contributed by atoms with Crippen molar-refractivity contribution >= 4 is 34.1 Å². The zero-order valence-electron chi connectivity index (χ0n) is 30.6. The first-order chi connectivity index (χ1) is 25.3. The summed E-state index contributed by atoms with van der Waals surface area (Å²) < 4.78 is 0. The molecule has 0 saturated carbocycles. The predicted octanol–water partition coefficient (Wildman–Crippen LogP) is 14.3. The first-order valence-electron chi connectivity index (χ1n) is 18.5. The Kier molecular flexibility index (Phi) is 8.77. The van der Waals surface area contributed by atoms with E-state index >= 15 is 0 Å². The van der Waals surface area contributed by atoms with E-state index in [2.05, 4.69) is 219 Å². The summed E-state index contributed by atoms with van der Waals surface area (Å²) in [7, 11) is 0. The summed E-state index contributed by atoms with van der Waals surface area (Å²) in [6.45, 7) is 9.61. The van der Waals surface area contributed by atoms with Crippen LogP contribution >= 0.6 is 0 Å². The van der Waals surface area contributed by atoms with Crippen LogP contribution in [0.15, 0.2) is 182 Å². The van der Waals surface area contributed by atoms with Crippen LogP contribution in [0.25, 0.3) is 22.3 Å². The van der Waals surface area contributed by atoms with Gasteiger partial charge in [0.25, 0.3) is 0 Å². The second kappa shape index (κ2) is 13.7. The largest absolute Gasteiger partial charge is 0.311 e. The molecule has 0 amide bonds. The maximum absolute atomic E-state index is 2.46. The monoisotopic (exact) mass is 674 g/mol. The van der Waals surface area contributed by atoms with Crippen LogP contribution in [0.3, 0.4) is 0 Å². The minimum atomic E-state index is 0.116. The van der Waals surface area contributed by atoms with Gasteiger partial charge in [0.2, 0.25) is 0 Å². The molecule has 2 nitrogen and oxygen atoms in total. The van der Waals surface area contributed by atoms with E-state index in [1.165, 1.54) is 51.9 Å². The van der Waals surface area contributed by atoms with Crippen molar-refractivity contribution in [2.45, 2.75) is 51.4 Å². The summed E-state index contributed by atoms with van der Waals surface area (Å²) in [6, 6.07) is 65.9. The summed E-state index contributed by atoms with van der Waals surface area (Å²) in [5, 5.41) is 0. The molecule has 8 rings (SSSR count). The summed E-state index contributed by atoms with van der Waals surface area (Å²) in [5.41, 5.74) is 14.9. The number of nitrogens with zero attached hydrogens (tertiary/aromatic N) is 2. The van der Waals surface area contributed by atoms with Crippen LogP contribution in [0, 0.1) is 0 Å². The molecule has 0 atom stereocenters. The SMILES string of the molecule is CC1(C)CCC(C)(C)c2cc(N(c3ccc(-c4ccc(N(c5ccccc5)c5ccccc5)cc4)cc3)c3cccc(-c4ccccc4)c3)ccc21. The van der Waals surface area contributed by atoms with Crippen LogP contribution in [0.4, 0.5) is 34.1 Å². The fourth-order valence-corrected chi connectivity index (χ4v) is 7.83. The third-order valence-electron chi connectivity index (χ3n) is 10.9. The molecule has 2 heteroatoms. The molecule has 0 heterocycles. The van der Waals surface area contributed by atoms with Gasteiger partial charge in [0.15, 0.2) is 0 Å². The van der Waals surface area contributed by atoms with Gasteiger partial charge in [0.05, 0.1) is 0 Å². The molecular formula is C50H46N2. The van der Waals surface area contributed by atoms with Gasteiger partial charge in [0, 0.05) is 34.1 Å². The smallest absolute Gasteiger partial charge is 0.0467 e. The van der Waals surface area contributed by atoms with Gasteiger partial charge in [-0.1, -0.05) is 137 Å². The number of hydrogen-bond donors (Lipinski definition) is 0. The van der Waals surface area contributed by atoms with Gasteiger partial charge in [0.1, 0.15) is 0 Å². The van der Waals surface area contributed by atoms with E-state index < -0.39 is 0 Å². The first-order valence-corrected chi connectivity index (χ1v) is 18.5. The van der Waals surface area contributed by atoms with Gasteiger partial charge in [-0.2, -0.15) is 0 Å². The molecule has 0 aromatic heterocycles. The van der Waals surface area contributed by atoms with E-state index in [1.807, 2.05) is 0 Å². The maximum atomic E-state index is 2.46. The van der Waals surface area contributed by atoms with Gasteiger partial charge >= 0.3 is 0 Å². The van der Waals surface area contributed by atoms with Gasteiger partial charge in [-0.15, -0.1) is 0 Å². The number of rotatable bonds is 8. The van der Waals surface area contributed by atoms with Gasteiger partial charge in [-0.05, 0) is 130 Å². The Labute approximate surface area is 309 Å². The van der Waals surface area contributed by atoms with Crippen molar-refractivity contribution in [3.63, 3.8) is 0 Å². The highest BCUT2D eigenvalue weighted by molar-refractivity contribution is 5.83. The fraction of sp³-hybridized carbons (Fsp3) is 0.160. The molecule has 1 aliphatic carbocycles. The number of hydrogen-bond acceptors (Lipinski definition) is 2. The molecule has 52 heavy (non-hydrogen) atoms. The average Bonchev–Trinajstić information content (AvgIpc) is 3.19. The summed E-state index contributed by atoms with van der Waals surface area (Å²) in [4.78, 5) is 4.73. The highest BCUT2D eigenvalue weighted by atomic mass is 15.1. The van der Waals surface area contributed by atoms with Crippen LogP contribution in [0.5, 0.6) is 0 Å². The van der Waals surface area contributed by atoms with Crippen molar-refractivity contribution in [3.05, 3.63) is 193 Å². The minimum Gasteiger partial charge on any atom is -0.311 e. The molecule has 0 aliphatic heterocycles. The van der Waals surface area contributed by atoms with Crippen molar-refractivity contribution in [1.82, 2.24) is 0 Å². The number of anilines is 6. The molecule has 7 aromatic rings. The molecule has 7 aromatic carbocycles. The molecule has 0 bridgehead atoms. The average molecular weight is 675 g/mol. The third kappa shape index (κ3) is 6.53. The van der Waals surface area contributed by atoms with Crippen LogP contribution in [0.2, 0.25) is 0 Å². The van der Waals surface area contributed by atoms with E-state index in [1.54, 1.807) is 0 Å². The van der Waals surface area contributed by atoms with E-state index in [-0.39, 0.29) is 10.8 Å². The highest BCUT2D eigenvalue weighted by Gasteiger charge is 2.37. The van der Waals surface area contributed by atoms with Crippen molar-refractivity contribution in [1.29, 1.82) is 0 Å². The lowest BCUT2D eigenvalue weighted by molar-refractivity contribution is 0.332. The molecule has 1 aliphatic rings. The normalized spacial score (nSPS) is 14.3. The Morgan fingerprint density at radius 1 is 0.308 bits per heavy atom. The lowest BCUT2D eigenvalue weighted by Crippen LogP contribution is -2.34. The van der Waals surface area contributed by atoms with E-state index in [0.29, 0.717) is 0 Å². The topological polar surface area (TPSA) is 6.48 Å². The zero-order valence-corrected chi connectivity index (χ0v) is 30.6. The third-order valence-corrected chi connectivity index (χ3v) is 10.9.